The minimum atomic E-state index is 0.660. The second-order valence-electron chi connectivity index (χ2n) is 4.75. The topological polar surface area (TPSA) is 63.9 Å². The van der Waals surface area contributed by atoms with Crippen molar-refractivity contribution in [2.24, 2.45) is 0 Å². The Morgan fingerprint density at radius 1 is 1.33 bits per heavy atom. The molecule has 0 unspecified atom stereocenters. The second-order valence-corrected chi connectivity index (χ2v) is 5.71. The molecule has 3 aromatic rings. The van der Waals surface area contributed by atoms with Crippen LogP contribution in [0.4, 0.5) is 0 Å². The van der Waals surface area contributed by atoms with Crippen molar-refractivity contribution < 1.29 is 9.26 Å². The van der Waals surface area contributed by atoms with E-state index >= 15 is 0 Å². The van der Waals surface area contributed by atoms with Crippen molar-refractivity contribution in [2.75, 3.05) is 6.61 Å². The summed E-state index contributed by atoms with van der Waals surface area (Å²) in [5.41, 5.74) is 4.01. The van der Waals surface area contributed by atoms with E-state index in [9.17, 15) is 0 Å². The van der Waals surface area contributed by atoms with E-state index in [2.05, 4.69) is 15.1 Å². The molecule has 0 amide bonds. The molecule has 2 aromatic heterocycles. The van der Waals surface area contributed by atoms with E-state index in [1.165, 1.54) is 0 Å². The molecule has 0 aliphatic carbocycles. The Hall–Kier alpha value is -1.95. The Labute approximate surface area is 127 Å². The van der Waals surface area contributed by atoms with Gasteiger partial charge in [0.2, 0.25) is 0 Å². The first-order valence-electron chi connectivity index (χ1n) is 6.84. The molecule has 0 saturated carbocycles. The van der Waals surface area contributed by atoms with E-state index in [0.717, 1.165) is 44.7 Å². The van der Waals surface area contributed by atoms with E-state index in [1.54, 1.807) is 11.8 Å². The van der Waals surface area contributed by atoms with Gasteiger partial charge in [0.1, 0.15) is 11.5 Å². The molecule has 0 bridgehead atoms. The Balaban J connectivity index is 1.78. The van der Waals surface area contributed by atoms with Gasteiger partial charge in [-0.1, -0.05) is 16.9 Å². The predicted molar refractivity (Wildman–Crippen MR) is 82.8 cm³/mol. The first kappa shape index (κ1) is 14.0. The number of aromatic amines is 1. The Morgan fingerprint density at radius 2 is 2.19 bits per heavy atom. The van der Waals surface area contributed by atoms with E-state index in [4.69, 9.17) is 9.26 Å². The molecule has 0 aliphatic heterocycles. The highest BCUT2D eigenvalue weighted by atomic mass is 32.2. The van der Waals surface area contributed by atoms with Crippen LogP contribution < -0.4 is 4.74 Å². The molecule has 1 aromatic carbocycles. The number of aromatic nitrogens is 3. The summed E-state index contributed by atoms with van der Waals surface area (Å²) in [5, 5.41) is 4.86. The molecule has 0 aliphatic rings. The van der Waals surface area contributed by atoms with Gasteiger partial charge < -0.3 is 14.2 Å². The van der Waals surface area contributed by atoms with Gasteiger partial charge in [-0.25, -0.2) is 4.98 Å². The van der Waals surface area contributed by atoms with Crippen LogP contribution in [-0.2, 0) is 5.75 Å². The van der Waals surface area contributed by atoms with Crippen LogP contribution in [0.15, 0.2) is 27.9 Å². The number of fused-ring (bicyclic) bond motifs is 1. The van der Waals surface area contributed by atoms with Crippen molar-refractivity contribution in [1.82, 2.24) is 15.1 Å². The normalized spacial score (nSPS) is 11.2. The predicted octanol–water partition coefficient (Wildman–Crippen LogP) is 3.86. The molecular formula is C15H17N3O2S. The number of ether oxygens (including phenoxy) is 1. The van der Waals surface area contributed by atoms with Gasteiger partial charge in [0, 0.05) is 17.4 Å². The zero-order valence-corrected chi connectivity index (χ0v) is 13.1. The van der Waals surface area contributed by atoms with Gasteiger partial charge in [-0.05, 0) is 32.9 Å². The van der Waals surface area contributed by atoms with Crippen molar-refractivity contribution in [3.8, 4) is 5.75 Å². The number of imidazole rings is 1. The lowest BCUT2D eigenvalue weighted by molar-refractivity contribution is 0.340. The lowest BCUT2D eigenvalue weighted by Crippen LogP contribution is -1.90. The van der Waals surface area contributed by atoms with Gasteiger partial charge in [0.15, 0.2) is 5.16 Å². The number of thioether (sulfide) groups is 1. The van der Waals surface area contributed by atoms with Crippen LogP contribution in [0.5, 0.6) is 5.75 Å². The van der Waals surface area contributed by atoms with Crippen LogP contribution in [0.25, 0.3) is 11.0 Å². The zero-order chi connectivity index (χ0) is 14.8. The lowest BCUT2D eigenvalue weighted by Gasteiger charge is -2.00. The number of nitrogens with zero attached hydrogens (tertiary/aromatic N) is 2. The third-order valence-electron chi connectivity index (χ3n) is 3.28. The van der Waals surface area contributed by atoms with Gasteiger partial charge in [0.25, 0.3) is 0 Å². The highest BCUT2D eigenvalue weighted by Gasteiger charge is 2.11. The molecule has 6 heteroatoms. The van der Waals surface area contributed by atoms with Crippen LogP contribution >= 0.6 is 11.8 Å². The molecule has 0 saturated heterocycles. The Bertz CT molecular complexity index is 744. The fourth-order valence-corrected chi connectivity index (χ4v) is 3.18. The highest BCUT2D eigenvalue weighted by Crippen LogP contribution is 2.27. The number of rotatable bonds is 5. The van der Waals surface area contributed by atoms with Crippen LogP contribution in [0.3, 0.4) is 0 Å². The minimum Gasteiger partial charge on any atom is -0.494 e. The largest absolute Gasteiger partial charge is 0.494 e. The number of benzene rings is 1. The van der Waals surface area contributed by atoms with E-state index in [1.807, 2.05) is 39.0 Å². The third-order valence-corrected chi connectivity index (χ3v) is 4.18. The van der Waals surface area contributed by atoms with Gasteiger partial charge in [-0.3, -0.25) is 0 Å². The van der Waals surface area contributed by atoms with Crippen molar-refractivity contribution in [2.45, 2.75) is 31.7 Å². The van der Waals surface area contributed by atoms with E-state index in [0.29, 0.717) is 6.61 Å². The number of H-pyrrole nitrogens is 1. The summed E-state index contributed by atoms with van der Waals surface area (Å²) in [6.07, 6.45) is 0. The number of hydrogen-bond donors (Lipinski definition) is 1. The van der Waals surface area contributed by atoms with Crippen LogP contribution in [0.2, 0.25) is 0 Å². The maximum absolute atomic E-state index is 5.50. The van der Waals surface area contributed by atoms with Gasteiger partial charge >= 0.3 is 0 Å². The summed E-state index contributed by atoms with van der Waals surface area (Å²) in [6.45, 7) is 6.53. The van der Waals surface area contributed by atoms with Crippen molar-refractivity contribution in [1.29, 1.82) is 0 Å². The standard InChI is InChI=1S/C15H17N3O2S/c1-4-19-11-5-6-13-14(7-11)17-15(16-13)21-8-12-9(2)18-20-10(12)3/h5-7H,4,8H2,1-3H3,(H,16,17). The van der Waals surface area contributed by atoms with Gasteiger partial charge in [-0.15, -0.1) is 0 Å². The third kappa shape index (κ3) is 2.90. The fraction of sp³-hybridized carbons (Fsp3) is 0.333. The summed E-state index contributed by atoms with van der Waals surface area (Å²) in [4.78, 5) is 7.89. The average Bonchev–Trinajstić information content (AvgIpc) is 3.00. The number of nitrogens with one attached hydrogen (secondary N) is 1. The maximum Gasteiger partial charge on any atom is 0.166 e. The van der Waals surface area contributed by atoms with Crippen LogP contribution in [0.1, 0.15) is 23.9 Å². The smallest absolute Gasteiger partial charge is 0.166 e. The van der Waals surface area contributed by atoms with Gasteiger partial charge in [0.05, 0.1) is 23.3 Å². The van der Waals surface area contributed by atoms with Gasteiger partial charge in [-0.2, -0.15) is 0 Å². The minimum absolute atomic E-state index is 0.660. The molecule has 3 rings (SSSR count). The van der Waals surface area contributed by atoms with Crippen molar-refractivity contribution >= 4 is 22.8 Å². The average molecular weight is 303 g/mol. The molecule has 5 nitrogen and oxygen atoms in total. The maximum atomic E-state index is 5.50. The molecule has 0 radical (unpaired) electrons. The second kappa shape index (κ2) is 5.81. The SMILES string of the molecule is CCOc1ccc2nc(SCc3c(C)noc3C)[nH]c2c1. The first-order valence-corrected chi connectivity index (χ1v) is 7.83. The van der Waals surface area contributed by atoms with Crippen molar-refractivity contribution in [3.05, 3.63) is 35.2 Å². The number of aryl methyl sites for hydroxylation is 2. The number of hydrogen-bond acceptors (Lipinski definition) is 5. The molecule has 21 heavy (non-hydrogen) atoms. The molecule has 1 N–H and O–H groups in total. The fourth-order valence-electron chi connectivity index (χ4n) is 2.14. The van der Waals surface area contributed by atoms with Crippen molar-refractivity contribution in [3.63, 3.8) is 0 Å². The molecular weight excluding hydrogens is 286 g/mol. The summed E-state index contributed by atoms with van der Waals surface area (Å²) in [7, 11) is 0. The first-order chi connectivity index (χ1) is 10.2. The zero-order valence-electron chi connectivity index (χ0n) is 12.3. The van der Waals surface area contributed by atoms with Crippen LogP contribution in [-0.4, -0.2) is 21.7 Å². The molecule has 0 fully saturated rings. The highest BCUT2D eigenvalue weighted by molar-refractivity contribution is 7.98. The summed E-state index contributed by atoms with van der Waals surface area (Å²) in [6, 6.07) is 5.89. The summed E-state index contributed by atoms with van der Waals surface area (Å²) in [5.74, 6) is 2.52. The van der Waals surface area contributed by atoms with Crippen LogP contribution in [0, 0.1) is 13.8 Å². The molecule has 0 atom stereocenters. The summed E-state index contributed by atoms with van der Waals surface area (Å²) >= 11 is 1.64. The molecule has 0 spiro atoms. The quantitative estimate of drug-likeness (QED) is 0.725. The molecule has 2 heterocycles. The monoisotopic (exact) mass is 303 g/mol. The Kier molecular flexibility index (Phi) is 3.88. The van der Waals surface area contributed by atoms with E-state index < -0.39 is 0 Å². The summed E-state index contributed by atoms with van der Waals surface area (Å²) < 4.78 is 10.7. The van der Waals surface area contributed by atoms with E-state index in [-0.39, 0.29) is 0 Å². The molecule has 110 valence electrons. The Morgan fingerprint density at radius 3 is 2.90 bits per heavy atom. The lowest BCUT2D eigenvalue weighted by atomic mass is 10.2.